The Kier molecular flexibility index (Phi) is 6.64. The number of nitrogens with zero attached hydrogens (tertiary/aromatic N) is 3. The molecule has 4 aromatic rings. The van der Waals surface area contributed by atoms with Crippen molar-refractivity contribution in [3.05, 3.63) is 77.9 Å². The van der Waals surface area contributed by atoms with Crippen molar-refractivity contribution in [2.45, 2.75) is 19.9 Å². The summed E-state index contributed by atoms with van der Waals surface area (Å²) in [7, 11) is 3.15. The van der Waals surface area contributed by atoms with Gasteiger partial charge in [-0.2, -0.15) is 0 Å². The summed E-state index contributed by atoms with van der Waals surface area (Å²) in [4.78, 5) is 21.0. The van der Waals surface area contributed by atoms with Crippen LogP contribution in [0.4, 0.5) is 0 Å². The van der Waals surface area contributed by atoms with Gasteiger partial charge in [0.15, 0.2) is 17.3 Å². The lowest BCUT2D eigenvalue weighted by Crippen LogP contribution is -2.24. The molecule has 168 valence electrons. The van der Waals surface area contributed by atoms with Gasteiger partial charge in [0.05, 0.1) is 37.6 Å². The standard InChI is InChI=1S/C25H24N4O4/c1-16-10-22(33-29-16)20-14-26-15-28-25(20)19-7-4-17(5-8-19)13-27-24(30)12-18-6-9-21(31-2)23(11-18)32-3/h4-11,14-15H,12-13H2,1-3H3,(H,27,30). The molecule has 8 nitrogen and oxygen atoms in total. The van der Waals surface area contributed by atoms with Crippen LogP contribution in [0.15, 0.2) is 65.6 Å². The van der Waals surface area contributed by atoms with Crippen molar-refractivity contribution < 1.29 is 18.8 Å². The van der Waals surface area contributed by atoms with Gasteiger partial charge in [-0.3, -0.25) is 4.79 Å². The van der Waals surface area contributed by atoms with E-state index in [1.54, 1.807) is 26.5 Å². The summed E-state index contributed by atoms with van der Waals surface area (Å²) in [6, 6.07) is 15.2. The Morgan fingerprint density at radius 1 is 1.00 bits per heavy atom. The second kappa shape index (κ2) is 9.95. The number of aromatic nitrogens is 3. The molecule has 2 aromatic heterocycles. The van der Waals surface area contributed by atoms with Gasteiger partial charge in [-0.25, -0.2) is 9.97 Å². The van der Waals surface area contributed by atoms with Gasteiger partial charge in [-0.05, 0) is 30.2 Å². The molecule has 0 aliphatic carbocycles. The largest absolute Gasteiger partial charge is 0.493 e. The molecular weight excluding hydrogens is 420 g/mol. The molecule has 0 bridgehead atoms. The maximum absolute atomic E-state index is 12.4. The number of methoxy groups -OCH3 is 2. The fraction of sp³-hybridized carbons (Fsp3) is 0.200. The number of rotatable bonds is 8. The lowest BCUT2D eigenvalue weighted by atomic mass is 10.0. The highest BCUT2D eigenvalue weighted by atomic mass is 16.5. The summed E-state index contributed by atoms with van der Waals surface area (Å²) in [6.07, 6.45) is 3.47. The van der Waals surface area contributed by atoms with Crippen molar-refractivity contribution in [3.63, 3.8) is 0 Å². The van der Waals surface area contributed by atoms with Crippen LogP contribution in [0, 0.1) is 6.92 Å². The maximum Gasteiger partial charge on any atom is 0.224 e. The molecule has 4 rings (SSSR count). The van der Waals surface area contributed by atoms with E-state index in [-0.39, 0.29) is 12.3 Å². The fourth-order valence-corrected chi connectivity index (χ4v) is 3.45. The highest BCUT2D eigenvalue weighted by molar-refractivity contribution is 5.79. The van der Waals surface area contributed by atoms with Crippen molar-refractivity contribution in [1.82, 2.24) is 20.4 Å². The first kappa shape index (κ1) is 22.0. The van der Waals surface area contributed by atoms with Crippen LogP contribution in [-0.2, 0) is 17.8 Å². The number of hydrogen-bond donors (Lipinski definition) is 1. The minimum atomic E-state index is -0.0786. The van der Waals surface area contributed by atoms with Gasteiger partial charge in [0, 0.05) is 24.4 Å². The lowest BCUT2D eigenvalue weighted by Gasteiger charge is -2.10. The molecule has 0 aliphatic heterocycles. The van der Waals surface area contributed by atoms with E-state index in [1.165, 1.54) is 6.33 Å². The summed E-state index contributed by atoms with van der Waals surface area (Å²) in [5.74, 6) is 1.77. The number of aryl methyl sites for hydroxylation is 1. The van der Waals surface area contributed by atoms with E-state index in [0.29, 0.717) is 23.8 Å². The number of nitrogens with one attached hydrogen (secondary N) is 1. The molecule has 8 heteroatoms. The molecule has 0 saturated heterocycles. The quantitative estimate of drug-likeness (QED) is 0.439. The molecule has 2 heterocycles. The van der Waals surface area contributed by atoms with Gasteiger partial charge in [0.1, 0.15) is 6.33 Å². The normalized spacial score (nSPS) is 10.6. The van der Waals surface area contributed by atoms with Crippen LogP contribution in [0.3, 0.4) is 0 Å². The van der Waals surface area contributed by atoms with Crippen LogP contribution < -0.4 is 14.8 Å². The summed E-state index contributed by atoms with van der Waals surface area (Å²) in [5, 5.41) is 6.90. The third-order valence-corrected chi connectivity index (χ3v) is 5.14. The van der Waals surface area contributed by atoms with Gasteiger partial charge in [0.25, 0.3) is 0 Å². The first-order valence-electron chi connectivity index (χ1n) is 10.4. The van der Waals surface area contributed by atoms with Gasteiger partial charge in [0.2, 0.25) is 5.91 Å². The first-order valence-corrected chi connectivity index (χ1v) is 10.4. The Bertz CT molecular complexity index is 1250. The Morgan fingerprint density at radius 3 is 2.45 bits per heavy atom. The van der Waals surface area contributed by atoms with Gasteiger partial charge in [-0.15, -0.1) is 0 Å². The molecule has 0 radical (unpaired) electrons. The smallest absolute Gasteiger partial charge is 0.224 e. The van der Waals surface area contributed by atoms with E-state index < -0.39 is 0 Å². The van der Waals surface area contributed by atoms with Gasteiger partial charge < -0.3 is 19.3 Å². The minimum Gasteiger partial charge on any atom is -0.493 e. The number of amides is 1. The van der Waals surface area contributed by atoms with Crippen LogP contribution in [-0.4, -0.2) is 35.3 Å². The average molecular weight is 444 g/mol. The first-order chi connectivity index (χ1) is 16.1. The Balaban J connectivity index is 1.40. The average Bonchev–Trinajstić information content (AvgIpc) is 3.29. The molecule has 0 unspecified atom stereocenters. The van der Waals surface area contributed by atoms with E-state index in [1.807, 2.05) is 49.4 Å². The molecule has 0 spiro atoms. The van der Waals surface area contributed by atoms with Crippen molar-refractivity contribution >= 4 is 5.91 Å². The molecule has 1 N–H and O–H groups in total. The molecule has 33 heavy (non-hydrogen) atoms. The lowest BCUT2D eigenvalue weighted by molar-refractivity contribution is -0.120. The third-order valence-electron chi connectivity index (χ3n) is 5.14. The van der Waals surface area contributed by atoms with Crippen LogP contribution in [0.1, 0.15) is 16.8 Å². The summed E-state index contributed by atoms with van der Waals surface area (Å²) in [6.45, 7) is 2.29. The highest BCUT2D eigenvalue weighted by Gasteiger charge is 2.13. The molecule has 0 atom stereocenters. The van der Waals surface area contributed by atoms with E-state index in [0.717, 1.165) is 33.6 Å². The second-order valence-electron chi connectivity index (χ2n) is 7.46. The number of hydrogen-bond acceptors (Lipinski definition) is 7. The predicted molar refractivity (Wildman–Crippen MR) is 123 cm³/mol. The summed E-state index contributed by atoms with van der Waals surface area (Å²) in [5.41, 5.74) is 5.06. The Labute approximate surface area is 191 Å². The predicted octanol–water partition coefficient (Wildman–Crippen LogP) is 3.98. The zero-order valence-corrected chi connectivity index (χ0v) is 18.7. The van der Waals surface area contributed by atoms with Gasteiger partial charge in [-0.1, -0.05) is 35.5 Å². The number of carbonyl (C=O) groups is 1. The molecule has 0 aliphatic rings. The van der Waals surface area contributed by atoms with Crippen LogP contribution in [0.2, 0.25) is 0 Å². The van der Waals surface area contributed by atoms with Crippen molar-refractivity contribution in [3.8, 4) is 34.1 Å². The number of ether oxygens (including phenoxy) is 2. The van der Waals surface area contributed by atoms with Crippen molar-refractivity contribution in [2.75, 3.05) is 14.2 Å². The number of carbonyl (C=O) groups excluding carboxylic acids is 1. The monoisotopic (exact) mass is 444 g/mol. The van der Waals surface area contributed by atoms with Crippen LogP contribution in [0.5, 0.6) is 11.5 Å². The minimum absolute atomic E-state index is 0.0786. The zero-order valence-electron chi connectivity index (χ0n) is 18.7. The summed E-state index contributed by atoms with van der Waals surface area (Å²) >= 11 is 0. The van der Waals surface area contributed by atoms with Crippen molar-refractivity contribution in [1.29, 1.82) is 0 Å². The Morgan fingerprint density at radius 2 is 1.76 bits per heavy atom. The van der Waals surface area contributed by atoms with E-state index >= 15 is 0 Å². The van der Waals surface area contributed by atoms with E-state index in [4.69, 9.17) is 14.0 Å². The topological polar surface area (TPSA) is 99.4 Å². The zero-order chi connectivity index (χ0) is 23.2. The molecule has 2 aromatic carbocycles. The molecular formula is C25H24N4O4. The van der Waals surface area contributed by atoms with E-state index in [9.17, 15) is 4.79 Å². The highest BCUT2D eigenvalue weighted by Crippen LogP contribution is 2.30. The van der Waals surface area contributed by atoms with E-state index in [2.05, 4.69) is 20.4 Å². The fourth-order valence-electron chi connectivity index (χ4n) is 3.45. The Hall–Kier alpha value is -4.20. The van der Waals surface area contributed by atoms with Gasteiger partial charge >= 0.3 is 0 Å². The molecule has 0 saturated carbocycles. The molecule has 1 amide bonds. The van der Waals surface area contributed by atoms with Crippen LogP contribution in [0.25, 0.3) is 22.6 Å². The SMILES string of the molecule is COc1ccc(CC(=O)NCc2ccc(-c3ncncc3-c3cc(C)no3)cc2)cc1OC. The van der Waals surface area contributed by atoms with Crippen molar-refractivity contribution in [2.24, 2.45) is 0 Å². The van der Waals surface area contributed by atoms with Crippen LogP contribution >= 0.6 is 0 Å². The second-order valence-corrected chi connectivity index (χ2v) is 7.46. The molecule has 0 fully saturated rings. The third kappa shape index (κ3) is 5.17. The number of benzene rings is 2. The maximum atomic E-state index is 12.4. The summed E-state index contributed by atoms with van der Waals surface area (Å²) < 4.78 is 15.9.